The van der Waals surface area contributed by atoms with E-state index < -0.39 is 23.3 Å². The first-order valence-electron chi connectivity index (χ1n) is 11.8. The second kappa shape index (κ2) is 13.1. The molecule has 1 aromatic rings. The third-order valence-corrected chi connectivity index (χ3v) is 7.18. The molecule has 7 nitrogen and oxygen atoms in total. The van der Waals surface area contributed by atoms with Crippen LogP contribution in [0.3, 0.4) is 0 Å². The minimum atomic E-state index is -0.820. The van der Waals surface area contributed by atoms with Crippen molar-refractivity contribution in [1.82, 2.24) is 15.8 Å². The summed E-state index contributed by atoms with van der Waals surface area (Å²) in [5, 5.41) is 9.81. The third kappa shape index (κ3) is 7.30. The molecule has 0 aliphatic carbocycles. The molecule has 1 saturated heterocycles. The highest BCUT2D eigenvalue weighted by Gasteiger charge is 2.51. The number of nitrogens with zero attached hydrogens (tertiary/aromatic N) is 1. The zero-order valence-electron chi connectivity index (χ0n) is 20.3. The van der Waals surface area contributed by atoms with Crippen molar-refractivity contribution in [2.75, 3.05) is 24.6 Å². The van der Waals surface area contributed by atoms with Crippen LogP contribution in [0.2, 0.25) is 0 Å². The predicted octanol–water partition coefficient (Wildman–Crippen LogP) is 3.31. The average Bonchev–Trinajstić information content (AvgIpc) is 2.81. The first-order chi connectivity index (χ1) is 15.7. The Bertz CT molecular complexity index is 781. The van der Waals surface area contributed by atoms with Crippen LogP contribution in [0.5, 0.6) is 0 Å². The van der Waals surface area contributed by atoms with Crippen molar-refractivity contribution in [2.45, 2.75) is 46.1 Å². The van der Waals surface area contributed by atoms with Gasteiger partial charge < -0.3 is 0 Å². The van der Waals surface area contributed by atoms with Gasteiger partial charge in [0.05, 0.1) is 17.4 Å². The van der Waals surface area contributed by atoms with E-state index in [1.807, 2.05) is 67.5 Å². The molecule has 1 unspecified atom stereocenters. The zero-order chi connectivity index (χ0) is 24.4. The van der Waals surface area contributed by atoms with Crippen LogP contribution in [0, 0.1) is 23.7 Å². The summed E-state index contributed by atoms with van der Waals surface area (Å²) in [7, 11) is 0. The Morgan fingerprint density at radius 2 is 1.76 bits per heavy atom. The van der Waals surface area contributed by atoms with Crippen molar-refractivity contribution in [3.8, 4) is 0 Å². The quantitative estimate of drug-likeness (QED) is 0.169. The Hall–Kier alpha value is -1.87. The number of thioether (sulfide) groups is 1. The monoisotopic (exact) mass is 476 g/mol. The van der Waals surface area contributed by atoms with Crippen LogP contribution in [0.1, 0.15) is 46.1 Å². The van der Waals surface area contributed by atoms with Crippen LogP contribution in [-0.2, 0) is 9.59 Å². The fraction of sp³-hybridized carbons (Fsp3) is 0.600. The number of hydroxylamine groups is 1. The van der Waals surface area contributed by atoms with Gasteiger partial charge >= 0.3 is 0 Å². The molecule has 33 heavy (non-hydrogen) atoms. The number of carbonyl (C=O) groups excluding carboxylic acids is 2. The summed E-state index contributed by atoms with van der Waals surface area (Å²) in [4.78, 5) is 28.8. The first kappa shape index (κ1) is 27.4. The predicted molar refractivity (Wildman–Crippen MR) is 135 cm³/mol. The van der Waals surface area contributed by atoms with E-state index in [2.05, 4.69) is 30.2 Å². The van der Waals surface area contributed by atoms with E-state index >= 15 is 0 Å². The van der Waals surface area contributed by atoms with Crippen molar-refractivity contribution >= 4 is 29.7 Å². The van der Waals surface area contributed by atoms with Crippen LogP contribution in [0.25, 0.3) is 6.08 Å². The van der Waals surface area contributed by atoms with E-state index in [0.717, 1.165) is 30.2 Å². The second-order valence-corrected chi connectivity index (χ2v) is 10.9. The summed E-state index contributed by atoms with van der Waals surface area (Å²) in [6.07, 6.45) is 5.26. The molecule has 2 amide bonds. The second-order valence-electron chi connectivity index (χ2n) is 9.63. The van der Waals surface area contributed by atoms with Crippen LogP contribution >= 0.6 is 11.8 Å². The number of hydrogen-bond acceptors (Lipinski definition) is 6. The highest BCUT2D eigenvalue weighted by atomic mass is 32.2. The molecule has 0 spiro atoms. The molecule has 0 aromatic heterocycles. The molecule has 1 aliphatic heterocycles. The Labute approximate surface area is 202 Å². The smallest absolute Gasteiger partial charge is 0.249 e. The molecule has 8 heteroatoms. The topological polar surface area (TPSA) is 108 Å². The summed E-state index contributed by atoms with van der Waals surface area (Å²) in [6, 6.07) is 9.95. The molecule has 1 aliphatic rings. The minimum absolute atomic E-state index is 0.160. The van der Waals surface area contributed by atoms with Gasteiger partial charge in [-0.05, 0) is 30.2 Å². The van der Waals surface area contributed by atoms with Gasteiger partial charge in [-0.3, -0.25) is 25.1 Å². The normalized spacial score (nSPS) is 18.8. The van der Waals surface area contributed by atoms with Gasteiger partial charge in [0.25, 0.3) is 0 Å². The van der Waals surface area contributed by atoms with Gasteiger partial charge in [-0.1, -0.05) is 70.2 Å². The van der Waals surface area contributed by atoms with E-state index in [9.17, 15) is 14.8 Å². The van der Waals surface area contributed by atoms with Crippen molar-refractivity contribution < 1.29 is 14.8 Å². The molecule has 2 rings (SSSR count). The molecular weight excluding hydrogens is 436 g/mol. The number of carbonyl (C=O) groups is 2. The lowest BCUT2D eigenvalue weighted by Gasteiger charge is -2.50. The largest absolute Gasteiger partial charge is 0.294 e. The van der Waals surface area contributed by atoms with E-state index in [4.69, 9.17) is 5.84 Å². The lowest BCUT2D eigenvalue weighted by Crippen LogP contribution is -2.63. The molecule has 184 valence electrons. The van der Waals surface area contributed by atoms with Gasteiger partial charge in [-0.2, -0.15) is 11.8 Å². The minimum Gasteiger partial charge on any atom is -0.294 e. The Morgan fingerprint density at radius 3 is 2.27 bits per heavy atom. The van der Waals surface area contributed by atoms with Crippen molar-refractivity contribution in [2.24, 2.45) is 29.5 Å². The number of benzene rings is 1. The highest BCUT2D eigenvalue weighted by molar-refractivity contribution is 7.99. The molecule has 0 saturated carbocycles. The number of nitrogens with two attached hydrogens (primary N) is 1. The highest BCUT2D eigenvalue weighted by Crippen LogP contribution is 2.42. The number of hydrogen-bond donors (Lipinski definition) is 4. The van der Waals surface area contributed by atoms with Crippen LogP contribution in [0.4, 0.5) is 0 Å². The maximum absolute atomic E-state index is 13.4. The molecule has 0 radical (unpaired) electrons. The average molecular weight is 477 g/mol. The zero-order valence-corrected chi connectivity index (χ0v) is 21.1. The van der Waals surface area contributed by atoms with Crippen molar-refractivity contribution in [3.05, 3.63) is 42.0 Å². The standard InChI is InChI=1S/C25H40N4O3S/c1-18(2)16-21(23(30)27-26)22(24(31)28-32)25(17-19(3)4,29-12-14-33-15-13-29)11-10-20-8-6-5-7-9-20/h5-11,18-19,21-22,32H,12-17,26H2,1-4H3,(H,27,30)(H,28,31)/b11-10+/t21-,22-,25?/m1/s1. The third-order valence-electron chi connectivity index (χ3n) is 6.24. The van der Waals surface area contributed by atoms with Gasteiger partial charge in [-0.15, -0.1) is 0 Å². The van der Waals surface area contributed by atoms with Gasteiger partial charge in [0.2, 0.25) is 11.8 Å². The Kier molecular flexibility index (Phi) is 10.9. The van der Waals surface area contributed by atoms with Gasteiger partial charge in [0.15, 0.2) is 0 Å². The van der Waals surface area contributed by atoms with E-state index in [1.54, 1.807) is 0 Å². The first-order valence-corrected chi connectivity index (χ1v) is 12.9. The van der Waals surface area contributed by atoms with Gasteiger partial charge in [-0.25, -0.2) is 11.3 Å². The fourth-order valence-corrected chi connectivity index (χ4v) is 5.91. The van der Waals surface area contributed by atoms with Crippen LogP contribution < -0.4 is 16.7 Å². The number of nitrogens with one attached hydrogen (secondary N) is 2. The summed E-state index contributed by atoms with van der Waals surface area (Å²) < 4.78 is 0. The molecule has 1 aromatic carbocycles. The molecular formula is C25H40N4O3S. The lowest BCUT2D eigenvalue weighted by atomic mass is 9.67. The summed E-state index contributed by atoms with van der Waals surface area (Å²) >= 11 is 1.89. The summed E-state index contributed by atoms with van der Waals surface area (Å²) in [6.45, 7) is 9.88. The number of amides is 2. The fourth-order valence-electron chi connectivity index (χ4n) is 5.01. The maximum atomic E-state index is 13.4. The molecule has 1 heterocycles. The van der Waals surface area contributed by atoms with Gasteiger partial charge in [0.1, 0.15) is 0 Å². The summed E-state index contributed by atoms with van der Waals surface area (Å²) in [5.74, 6) is 5.43. The van der Waals surface area contributed by atoms with E-state index in [-0.39, 0.29) is 17.7 Å². The molecule has 3 atom stereocenters. The molecule has 0 bridgehead atoms. The van der Waals surface area contributed by atoms with E-state index in [0.29, 0.717) is 12.8 Å². The van der Waals surface area contributed by atoms with Crippen LogP contribution in [-0.4, -0.2) is 52.1 Å². The molecule has 5 N–H and O–H groups in total. The van der Waals surface area contributed by atoms with Crippen LogP contribution in [0.15, 0.2) is 36.4 Å². The Morgan fingerprint density at radius 1 is 1.12 bits per heavy atom. The number of rotatable bonds is 11. The maximum Gasteiger partial charge on any atom is 0.249 e. The lowest BCUT2D eigenvalue weighted by molar-refractivity contribution is -0.147. The van der Waals surface area contributed by atoms with Crippen molar-refractivity contribution in [1.29, 1.82) is 0 Å². The van der Waals surface area contributed by atoms with Gasteiger partial charge in [0, 0.05) is 24.6 Å². The number of hydrazine groups is 1. The summed E-state index contributed by atoms with van der Waals surface area (Å²) in [5.41, 5.74) is 4.42. The SMILES string of the molecule is CC(C)C[C@@H](C(=O)NN)[C@H](C(=O)NO)C(/C=C/c1ccccc1)(CC(C)C)N1CCSCC1. The van der Waals surface area contributed by atoms with E-state index in [1.165, 1.54) is 0 Å². The Balaban J connectivity index is 2.74. The molecule has 1 fully saturated rings. The van der Waals surface area contributed by atoms with Crippen molar-refractivity contribution in [3.63, 3.8) is 0 Å².